The van der Waals surface area contributed by atoms with E-state index in [4.69, 9.17) is 20.3 Å². The molecule has 0 fully saturated rings. The molecule has 15 heavy (non-hydrogen) atoms. The molecule has 0 aliphatic rings. The van der Waals surface area contributed by atoms with Gasteiger partial charge in [0.1, 0.15) is 5.54 Å². The zero-order valence-corrected chi connectivity index (χ0v) is 9.66. The molecule has 0 heterocycles. The quantitative estimate of drug-likeness (QED) is 0.585. The highest BCUT2D eigenvalue weighted by atomic mass is 16.5. The first-order valence-corrected chi connectivity index (χ1v) is 5.03. The van der Waals surface area contributed by atoms with Crippen molar-refractivity contribution >= 4 is 5.97 Å². The lowest BCUT2D eigenvalue weighted by atomic mass is 9.98. The van der Waals surface area contributed by atoms with E-state index in [9.17, 15) is 4.79 Å². The molecule has 0 aromatic heterocycles. The van der Waals surface area contributed by atoms with Crippen molar-refractivity contribution in [2.45, 2.75) is 38.3 Å². The van der Waals surface area contributed by atoms with Gasteiger partial charge in [0.15, 0.2) is 0 Å². The number of hydrogen-bond acceptors (Lipinski definition) is 4. The Hall–Kier alpha value is -0.650. The minimum Gasteiger partial charge on any atom is -0.480 e. The van der Waals surface area contributed by atoms with Crippen LogP contribution in [0.3, 0.4) is 0 Å². The second-order valence-electron chi connectivity index (χ2n) is 3.96. The molecule has 90 valence electrons. The Kier molecular flexibility index (Phi) is 6.47. The zero-order chi connectivity index (χ0) is 11.9. The molecule has 0 aromatic rings. The van der Waals surface area contributed by atoms with Gasteiger partial charge in [0.05, 0.1) is 12.7 Å². The normalized spacial score (nSPS) is 17.1. The summed E-state index contributed by atoms with van der Waals surface area (Å²) < 4.78 is 10.3. The smallest absolute Gasteiger partial charge is 0.323 e. The van der Waals surface area contributed by atoms with Crippen molar-refractivity contribution in [3.8, 4) is 0 Å². The first kappa shape index (κ1) is 14.3. The highest BCUT2D eigenvalue weighted by molar-refractivity contribution is 5.77. The third kappa shape index (κ3) is 6.43. The monoisotopic (exact) mass is 219 g/mol. The number of methoxy groups -OCH3 is 1. The Labute approximate surface area is 90.5 Å². The Morgan fingerprint density at radius 1 is 1.60 bits per heavy atom. The van der Waals surface area contributed by atoms with Crippen LogP contribution in [0.5, 0.6) is 0 Å². The Bertz CT molecular complexity index is 194. The first-order chi connectivity index (χ1) is 6.90. The Morgan fingerprint density at radius 2 is 2.20 bits per heavy atom. The van der Waals surface area contributed by atoms with Gasteiger partial charge in [-0.15, -0.1) is 0 Å². The molecule has 0 saturated carbocycles. The van der Waals surface area contributed by atoms with Crippen molar-refractivity contribution in [2.24, 2.45) is 5.73 Å². The summed E-state index contributed by atoms with van der Waals surface area (Å²) in [5.41, 5.74) is 4.40. The summed E-state index contributed by atoms with van der Waals surface area (Å²) in [4.78, 5) is 10.7. The highest BCUT2D eigenvalue weighted by Gasteiger charge is 2.26. The number of carboxylic acids is 1. The van der Waals surface area contributed by atoms with E-state index in [0.717, 1.165) is 0 Å². The molecule has 0 spiro atoms. The summed E-state index contributed by atoms with van der Waals surface area (Å²) in [7, 11) is 1.61. The third-order valence-corrected chi connectivity index (χ3v) is 2.13. The minimum absolute atomic E-state index is 0.0314. The molecule has 0 aliphatic heterocycles. The number of ether oxygens (including phenoxy) is 2. The summed E-state index contributed by atoms with van der Waals surface area (Å²) in [6.07, 6.45) is 1.07. The van der Waals surface area contributed by atoms with Gasteiger partial charge in [0, 0.05) is 13.7 Å². The number of carbonyl (C=O) groups is 1. The van der Waals surface area contributed by atoms with Crippen LogP contribution in [0.1, 0.15) is 26.7 Å². The maximum Gasteiger partial charge on any atom is 0.323 e. The maximum atomic E-state index is 10.7. The summed E-state index contributed by atoms with van der Waals surface area (Å²) in [5, 5.41) is 8.75. The van der Waals surface area contributed by atoms with Gasteiger partial charge in [0.2, 0.25) is 0 Å². The highest BCUT2D eigenvalue weighted by Crippen LogP contribution is 2.09. The van der Waals surface area contributed by atoms with Crippen LogP contribution in [0.2, 0.25) is 0 Å². The number of carboxylic acid groups (broad SMARTS) is 1. The molecule has 5 nitrogen and oxygen atoms in total. The fraction of sp³-hybridized carbons (Fsp3) is 0.900. The molecule has 0 amide bonds. The number of aliphatic carboxylic acids is 1. The van der Waals surface area contributed by atoms with Gasteiger partial charge < -0.3 is 20.3 Å². The van der Waals surface area contributed by atoms with Gasteiger partial charge in [-0.1, -0.05) is 0 Å². The SMILES string of the molecule is COCC(C)OCCCC(C)(N)C(=O)O. The van der Waals surface area contributed by atoms with Crippen LogP contribution in [0.4, 0.5) is 0 Å². The number of nitrogens with two attached hydrogens (primary N) is 1. The average molecular weight is 219 g/mol. The van der Waals surface area contributed by atoms with Crippen LogP contribution in [0.15, 0.2) is 0 Å². The molecule has 0 aliphatic carbocycles. The molecule has 0 aromatic carbocycles. The molecule has 3 N–H and O–H groups in total. The molecular weight excluding hydrogens is 198 g/mol. The van der Waals surface area contributed by atoms with Gasteiger partial charge in [-0.2, -0.15) is 0 Å². The van der Waals surface area contributed by atoms with E-state index >= 15 is 0 Å². The second kappa shape index (κ2) is 6.76. The lowest BCUT2D eigenvalue weighted by Crippen LogP contribution is -2.44. The lowest BCUT2D eigenvalue weighted by molar-refractivity contribution is -0.143. The van der Waals surface area contributed by atoms with Crippen LogP contribution in [-0.2, 0) is 14.3 Å². The molecule has 0 saturated heterocycles. The van der Waals surface area contributed by atoms with Gasteiger partial charge >= 0.3 is 5.97 Å². The molecule has 0 rings (SSSR count). The lowest BCUT2D eigenvalue weighted by Gasteiger charge is -2.19. The summed E-state index contributed by atoms with van der Waals surface area (Å²) in [6, 6.07) is 0. The average Bonchev–Trinajstić information content (AvgIpc) is 2.13. The van der Waals surface area contributed by atoms with E-state index in [1.54, 1.807) is 7.11 Å². The standard InChI is InChI=1S/C10H21NO4/c1-8(7-14-3)15-6-4-5-10(2,11)9(12)13/h8H,4-7,11H2,1-3H3,(H,12,13). The van der Waals surface area contributed by atoms with E-state index in [2.05, 4.69) is 0 Å². The van der Waals surface area contributed by atoms with E-state index < -0.39 is 11.5 Å². The van der Waals surface area contributed by atoms with Gasteiger partial charge in [0.25, 0.3) is 0 Å². The van der Waals surface area contributed by atoms with Crippen molar-refractivity contribution in [3.05, 3.63) is 0 Å². The van der Waals surface area contributed by atoms with Crippen LogP contribution >= 0.6 is 0 Å². The summed E-state index contributed by atoms with van der Waals surface area (Å²) in [5.74, 6) is -0.979. The summed E-state index contributed by atoms with van der Waals surface area (Å²) in [6.45, 7) is 4.46. The fourth-order valence-electron chi connectivity index (χ4n) is 1.11. The Balaban J connectivity index is 3.58. The van der Waals surface area contributed by atoms with E-state index in [1.807, 2.05) is 6.92 Å². The van der Waals surface area contributed by atoms with Crippen LogP contribution in [-0.4, -0.2) is 43.0 Å². The van der Waals surface area contributed by atoms with E-state index in [-0.39, 0.29) is 6.10 Å². The van der Waals surface area contributed by atoms with Crippen molar-refractivity contribution in [1.82, 2.24) is 0 Å². The summed E-state index contributed by atoms with van der Waals surface area (Å²) >= 11 is 0. The third-order valence-electron chi connectivity index (χ3n) is 2.13. The molecule has 0 bridgehead atoms. The molecule has 5 heteroatoms. The maximum absolute atomic E-state index is 10.7. The van der Waals surface area contributed by atoms with Crippen molar-refractivity contribution < 1.29 is 19.4 Å². The van der Waals surface area contributed by atoms with Gasteiger partial charge in [-0.25, -0.2) is 0 Å². The van der Waals surface area contributed by atoms with Gasteiger partial charge in [-0.3, -0.25) is 4.79 Å². The first-order valence-electron chi connectivity index (χ1n) is 5.03. The predicted octanol–water partition coefficient (Wildman–Crippen LogP) is 0.620. The van der Waals surface area contributed by atoms with E-state index in [1.165, 1.54) is 6.92 Å². The van der Waals surface area contributed by atoms with Crippen LogP contribution in [0.25, 0.3) is 0 Å². The van der Waals surface area contributed by atoms with Crippen molar-refractivity contribution in [3.63, 3.8) is 0 Å². The molecule has 0 radical (unpaired) electrons. The Morgan fingerprint density at radius 3 is 2.67 bits per heavy atom. The topological polar surface area (TPSA) is 81.8 Å². The molecule has 2 unspecified atom stereocenters. The minimum atomic E-state index is -1.16. The van der Waals surface area contributed by atoms with Gasteiger partial charge in [-0.05, 0) is 26.7 Å². The van der Waals surface area contributed by atoms with Crippen molar-refractivity contribution in [2.75, 3.05) is 20.3 Å². The zero-order valence-electron chi connectivity index (χ0n) is 9.66. The van der Waals surface area contributed by atoms with Crippen LogP contribution in [0, 0.1) is 0 Å². The van der Waals surface area contributed by atoms with Crippen LogP contribution < -0.4 is 5.73 Å². The van der Waals surface area contributed by atoms with Crippen molar-refractivity contribution in [1.29, 1.82) is 0 Å². The fourth-order valence-corrected chi connectivity index (χ4v) is 1.11. The van der Waals surface area contributed by atoms with E-state index in [0.29, 0.717) is 26.1 Å². The number of rotatable bonds is 8. The largest absolute Gasteiger partial charge is 0.480 e. The predicted molar refractivity (Wildman–Crippen MR) is 56.8 cm³/mol. The molecule has 2 atom stereocenters. The second-order valence-corrected chi connectivity index (χ2v) is 3.96. The number of hydrogen-bond donors (Lipinski definition) is 2. The molecular formula is C10H21NO4.